The van der Waals surface area contributed by atoms with Gasteiger partial charge in [0, 0.05) is 49.5 Å². The molecule has 1 N–H and O–H groups in total. The van der Waals surface area contributed by atoms with Crippen molar-refractivity contribution in [3.63, 3.8) is 0 Å². The molecule has 0 saturated carbocycles. The third kappa shape index (κ3) is 4.13. The summed E-state index contributed by atoms with van der Waals surface area (Å²) in [6.45, 7) is 3.05. The lowest BCUT2D eigenvalue weighted by molar-refractivity contribution is 0.0942. The molecule has 38 heavy (non-hydrogen) atoms. The molecular weight excluding hydrogens is 478 g/mol. The van der Waals surface area contributed by atoms with Crippen LogP contribution < -0.4 is 15.6 Å². The largest absolute Gasteiger partial charge is 0.497 e. The number of rotatable bonds is 6. The highest BCUT2D eigenvalue weighted by Gasteiger charge is 2.24. The van der Waals surface area contributed by atoms with E-state index in [1.165, 1.54) is 15.8 Å². The molecule has 2 aromatic heterocycles. The molecule has 192 valence electrons. The highest BCUT2D eigenvalue weighted by atomic mass is 16.5. The van der Waals surface area contributed by atoms with E-state index in [2.05, 4.69) is 39.6 Å². The number of amides is 1. The second-order valence-electron chi connectivity index (χ2n) is 9.61. The van der Waals surface area contributed by atoms with Gasteiger partial charge in [0.1, 0.15) is 11.3 Å². The van der Waals surface area contributed by atoms with E-state index in [4.69, 9.17) is 4.74 Å². The minimum absolute atomic E-state index is 0.233. The lowest BCUT2D eigenvalue weighted by Gasteiger charge is -2.28. The number of nitrogens with one attached hydrogen (secondary N) is 1. The predicted molar refractivity (Wildman–Crippen MR) is 148 cm³/mol. The van der Waals surface area contributed by atoms with E-state index < -0.39 is 0 Å². The van der Waals surface area contributed by atoms with Crippen molar-refractivity contribution < 1.29 is 9.53 Å². The van der Waals surface area contributed by atoms with Gasteiger partial charge in [0.15, 0.2) is 5.69 Å². The van der Waals surface area contributed by atoms with Gasteiger partial charge in [-0.1, -0.05) is 42.5 Å². The number of nitrogens with zero attached hydrogens (tertiary/aromatic N) is 4. The van der Waals surface area contributed by atoms with Crippen molar-refractivity contribution in [2.24, 2.45) is 7.05 Å². The molecule has 0 aliphatic carbocycles. The van der Waals surface area contributed by atoms with Gasteiger partial charge in [-0.05, 0) is 47.9 Å². The van der Waals surface area contributed by atoms with E-state index >= 15 is 0 Å². The molecule has 3 aromatic carbocycles. The first-order valence-corrected chi connectivity index (χ1v) is 12.8. The molecule has 5 aromatic rings. The van der Waals surface area contributed by atoms with Crippen LogP contribution in [0.4, 0.5) is 0 Å². The average molecular weight is 508 g/mol. The van der Waals surface area contributed by atoms with Crippen LogP contribution in [-0.2, 0) is 20.0 Å². The van der Waals surface area contributed by atoms with Crippen molar-refractivity contribution in [3.05, 3.63) is 100.0 Å². The Hall–Kier alpha value is -4.43. The van der Waals surface area contributed by atoms with Crippen LogP contribution in [0.5, 0.6) is 5.75 Å². The lowest BCUT2D eigenvalue weighted by atomic mass is 10.00. The fraction of sp³-hybridized carbons (Fsp3) is 0.233. The summed E-state index contributed by atoms with van der Waals surface area (Å²) < 4.78 is 8.41. The van der Waals surface area contributed by atoms with Gasteiger partial charge >= 0.3 is 0 Å². The minimum atomic E-state index is -0.300. The lowest BCUT2D eigenvalue weighted by Crippen LogP contribution is -2.38. The van der Waals surface area contributed by atoms with Crippen molar-refractivity contribution >= 4 is 27.7 Å². The molecule has 1 aliphatic heterocycles. The van der Waals surface area contributed by atoms with Gasteiger partial charge in [0.25, 0.3) is 11.5 Å². The van der Waals surface area contributed by atoms with Crippen LogP contribution in [0.15, 0.2) is 77.6 Å². The van der Waals surface area contributed by atoms with Gasteiger partial charge in [-0.2, -0.15) is 9.78 Å². The number of hydrogen-bond donors (Lipinski definition) is 1. The van der Waals surface area contributed by atoms with Crippen LogP contribution in [0.1, 0.15) is 21.6 Å². The Kier molecular flexibility index (Phi) is 6.17. The number of ether oxygens (including phenoxy) is 1. The van der Waals surface area contributed by atoms with Crippen molar-refractivity contribution in [1.82, 2.24) is 24.6 Å². The Balaban J connectivity index is 1.35. The summed E-state index contributed by atoms with van der Waals surface area (Å²) in [4.78, 5) is 29.6. The maximum absolute atomic E-state index is 13.7. The van der Waals surface area contributed by atoms with Gasteiger partial charge < -0.3 is 14.6 Å². The first-order valence-electron chi connectivity index (χ1n) is 12.8. The van der Waals surface area contributed by atoms with Gasteiger partial charge in [0.05, 0.1) is 12.8 Å². The molecule has 0 atom stereocenters. The van der Waals surface area contributed by atoms with E-state index in [-0.39, 0.29) is 17.2 Å². The highest BCUT2D eigenvalue weighted by molar-refractivity contribution is 6.16. The zero-order chi connectivity index (χ0) is 26.2. The third-order valence-corrected chi connectivity index (χ3v) is 7.39. The van der Waals surface area contributed by atoms with Crippen LogP contribution in [0, 0.1) is 0 Å². The van der Waals surface area contributed by atoms with E-state index in [9.17, 15) is 9.59 Å². The molecular formula is C30H29N5O3. The van der Waals surface area contributed by atoms with Crippen molar-refractivity contribution in [1.29, 1.82) is 0 Å². The second kappa shape index (κ2) is 9.79. The molecule has 6 rings (SSSR count). The van der Waals surface area contributed by atoms with Crippen LogP contribution in [0.25, 0.3) is 27.5 Å². The molecule has 8 nitrogen and oxygen atoms in total. The molecule has 0 fully saturated rings. The van der Waals surface area contributed by atoms with Crippen LogP contribution >= 0.6 is 0 Å². The molecule has 0 spiro atoms. The monoisotopic (exact) mass is 507 g/mol. The summed E-state index contributed by atoms with van der Waals surface area (Å²) in [5.41, 5.74) is 4.56. The molecule has 1 aliphatic rings. The van der Waals surface area contributed by atoms with Crippen LogP contribution in [-0.4, -0.2) is 51.9 Å². The number of carbonyl (C=O) groups excluding carboxylic acids is 1. The molecule has 8 heteroatoms. The second-order valence-corrected chi connectivity index (χ2v) is 9.61. The number of aryl methyl sites for hydroxylation is 1. The maximum Gasteiger partial charge on any atom is 0.296 e. The van der Waals surface area contributed by atoms with Gasteiger partial charge in [-0.25, -0.2) is 0 Å². The molecule has 3 heterocycles. The predicted octanol–water partition coefficient (Wildman–Crippen LogP) is 3.67. The van der Waals surface area contributed by atoms with E-state index in [0.29, 0.717) is 28.9 Å². The number of methoxy groups -OCH3 is 1. The fourth-order valence-corrected chi connectivity index (χ4v) is 5.39. The molecule has 0 unspecified atom stereocenters. The molecule has 0 saturated heterocycles. The average Bonchev–Trinajstić information content (AvgIpc) is 3.26. The Morgan fingerprint density at radius 3 is 2.53 bits per heavy atom. The SMILES string of the molecule is COc1ccc(-n2nc(C(=O)NCCN3CCc4ccccc4C3)c3c4ccccc4n(C)c3c2=O)cc1. The fourth-order valence-electron chi connectivity index (χ4n) is 5.39. The number of benzene rings is 3. The van der Waals surface area contributed by atoms with Crippen molar-refractivity contribution in [3.8, 4) is 11.4 Å². The van der Waals surface area contributed by atoms with Crippen LogP contribution in [0.2, 0.25) is 0 Å². The van der Waals surface area contributed by atoms with Crippen LogP contribution in [0.3, 0.4) is 0 Å². The third-order valence-electron chi connectivity index (χ3n) is 7.39. The topological polar surface area (TPSA) is 81.4 Å². The zero-order valence-electron chi connectivity index (χ0n) is 21.5. The summed E-state index contributed by atoms with van der Waals surface area (Å²) in [5.74, 6) is 0.372. The standard InChI is InChI=1S/C30H29N5O3/c1-33-25-10-6-5-9-24(25)26-27(32-35(30(37)28(26)33)22-11-13-23(38-2)14-12-22)29(36)31-16-18-34-17-15-20-7-3-4-8-21(20)19-34/h3-14H,15-19H2,1-2H3,(H,31,36). The van der Waals surface area contributed by atoms with Gasteiger partial charge in [-0.3, -0.25) is 14.5 Å². The van der Waals surface area contributed by atoms with E-state index in [0.717, 1.165) is 37.0 Å². The van der Waals surface area contributed by atoms with E-state index in [1.54, 1.807) is 31.4 Å². The highest BCUT2D eigenvalue weighted by Crippen LogP contribution is 2.28. The van der Waals surface area contributed by atoms with Gasteiger partial charge in [0.2, 0.25) is 0 Å². The first-order chi connectivity index (χ1) is 18.5. The number of aromatic nitrogens is 3. The minimum Gasteiger partial charge on any atom is -0.497 e. The normalized spacial score (nSPS) is 13.5. The Labute approximate surface area is 220 Å². The smallest absolute Gasteiger partial charge is 0.296 e. The summed E-state index contributed by atoms with van der Waals surface area (Å²) in [6, 6.07) is 23.3. The first kappa shape index (κ1) is 23.9. The molecule has 0 bridgehead atoms. The van der Waals surface area contributed by atoms with Crippen molar-refractivity contribution in [2.75, 3.05) is 26.7 Å². The van der Waals surface area contributed by atoms with Crippen molar-refractivity contribution in [2.45, 2.75) is 13.0 Å². The Bertz CT molecular complexity index is 1720. The summed E-state index contributed by atoms with van der Waals surface area (Å²) in [7, 11) is 3.44. The Morgan fingerprint density at radius 2 is 1.74 bits per heavy atom. The number of carbonyl (C=O) groups is 1. The van der Waals surface area contributed by atoms with E-state index in [1.807, 2.05) is 35.9 Å². The number of para-hydroxylation sites is 1. The van der Waals surface area contributed by atoms with Gasteiger partial charge in [-0.15, -0.1) is 0 Å². The summed E-state index contributed by atoms with van der Waals surface area (Å²) in [6.07, 6.45) is 1.01. The molecule has 0 radical (unpaired) electrons. The number of hydrogen-bond acceptors (Lipinski definition) is 5. The molecule has 1 amide bonds. The number of fused-ring (bicyclic) bond motifs is 4. The Morgan fingerprint density at radius 1 is 1.00 bits per heavy atom. The zero-order valence-corrected chi connectivity index (χ0v) is 21.5. The summed E-state index contributed by atoms with van der Waals surface area (Å²) in [5, 5.41) is 9.07. The maximum atomic E-state index is 13.7. The quantitative estimate of drug-likeness (QED) is 0.379. The summed E-state index contributed by atoms with van der Waals surface area (Å²) >= 11 is 0.